The Labute approximate surface area is 146 Å². The van der Waals surface area contributed by atoms with Crippen molar-refractivity contribution in [2.75, 3.05) is 11.5 Å². The van der Waals surface area contributed by atoms with Crippen LogP contribution in [0.25, 0.3) is 0 Å². The first-order chi connectivity index (χ1) is 10.2. The maximum absolute atomic E-state index is 11.5. The van der Waals surface area contributed by atoms with Crippen molar-refractivity contribution in [2.24, 2.45) is 0 Å². The summed E-state index contributed by atoms with van der Waals surface area (Å²) in [5.41, 5.74) is 0. The normalized spacial score (nSPS) is 14.3. The lowest BCUT2D eigenvalue weighted by Gasteiger charge is -2.35. The van der Waals surface area contributed by atoms with Crippen molar-refractivity contribution >= 4 is 46.7 Å². The summed E-state index contributed by atoms with van der Waals surface area (Å²) in [5.74, 6) is 1.59. The highest BCUT2D eigenvalue weighted by Crippen LogP contribution is 2.23. The summed E-state index contributed by atoms with van der Waals surface area (Å²) < 4.78 is 30.5. The Bertz CT molecular complexity index is 290. The first-order valence-corrected chi connectivity index (χ1v) is 20.4. The van der Waals surface area contributed by atoms with Gasteiger partial charge in [0.05, 0.1) is 0 Å². The molecule has 1 atom stereocenters. The van der Waals surface area contributed by atoms with E-state index in [0.717, 1.165) is 36.8 Å². The lowest BCUT2D eigenvalue weighted by molar-refractivity contribution is 0.266. The molecule has 0 rings (SSSR count). The van der Waals surface area contributed by atoms with Gasteiger partial charge in [-0.2, -0.15) is 0 Å². The van der Waals surface area contributed by atoms with E-state index in [0.29, 0.717) is 0 Å². The predicted molar refractivity (Wildman–Crippen MR) is 108 cm³/mol. The first-order valence-electron chi connectivity index (χ1n) is 8.59. The van der Waals surface area contributed by atoms with Gasteiger partial charge in [-0.15, -0.1) is 0 Å². The molecule has 0 fully saturated rings. The van der Waals surface area contributed by atoms with Gasteiger partial charge >= 0.3 is 8.80 Å². The fraction of sp³-hybridized carbons (Fsp3) is 1.00. The van der Waals surface area contributed by atoms with Crippen LogP contribution in [-0.4, -0.2) is 51.6 Å². The van der Waals surface area contributed by atoms with Crippen molar-refractivity contribution in [1.29, 1.82) is 0 Å². The third kappa shape index (κ3) is 11.4. The molecule has 0 saturated heterocycles. The van der Waals surface area contributed by atoms with Crippen molar-refractivity contribution in [1.82, 2.24) is 0 Å². The highest BCUT2D eigenvalue weighted by molar-refractivity contribution is 7.84. The van der Waals surface area contributed by atoms with Crippen LogP contribution < -0.4 is 0 Å². The van der Waals surface area contributed by atoms with Gasteiger partial charge in [0.1, 0.15) is 0 Å². The molecule has 0 spiro atoms. The summed E-state index contributed by atoms with van der Waals surface area (Å²) in [4.78, 5) is 0. The third-order valence-corrected chi connectivity index (χ3v) is 15.2. The van der Waals surface area contributed by atoms with Crippen molar-refractivity contribution in [3.05, 3.63) is 0 Å². The van der Waals surface area contributed by atoms with Crippen molar-refractivity contribution in [2.45, 2.75) is 71.5 Å². The van der Waals surface area contributed by atoms with E-state index in [1.165, 1.54) is 0 Å². The third-order valence-electron chi connectivity index (χ3n) is 2.92. The molecule has 0 aliphatic rings. The van der Waals surface area contributed by atoms with E-state index in [2.05, 4.69) is 39.3 Å². The molecule has 0 N–H and O–H groups in total. The minimum atomic E-state index is -2.46. The highest BCUT2D eigenvalue weighted by Gasteiger charge is 2.42. The van der Waals surface area contributed by atoms with Crippen molar-refractivity contribution < 1.29 is 16.6 Å². The quantitative estimate of drug-likeness (QED) is 0.352. The van der Waals surface area contributed by atoms with Crippen molar-refractivity contribution in [3.63, 3.8) is 0 Å². The molecule has 1 unspecified atom stereocenters. The van der Waals surface area contributed by atoms with Gasteiger partial charge in [0, 0.05) is 28.3 Å². The van der Waals surface area contributed by atoms with Crippen LogP contribution in [0.1, 0.15) is 26.2 Å². The first kappa shape index (κ1) is 22.9. The van der Waals surface area contributed by atoms with Crippen molar-refractivity contribution in [3.8, 4) is 0 Å². The second-order valence-electron chi connectivity index (χ2n) is 6.43. The zero-order valence-corrected chi connectivity index (χ0v) is 20.8. The Morgan fingerprint density at radius 2 is 1.27 bits per heavy atom. The van der Waals surface area contributed by atoms with Gasteiger partial charge < -0.3 is 12.3 Å². The molecule has 0 aromatic carbocycles. The van der Waals surface area contributed by atoms with Crippen LogP contribution in [0.3, 0.4) is 0 Å². The second-order valence-corrected chi connectivity index (χ2v) is 19.3. The molecule has 22 heavy (non-hydrogen) atoms. The van der Waals surface area contributed by atoms with Crippen LogP contribution in [0.4, 0.5) is 0 Å². The summed E-state index contributed by atoms with van der Waals surface area (Å²) >= 11 is 0. The van der Waals surface area contributed by atoms with Gasteiger partial charge in [0.25, 0.3) is 0 Å². The maximum atomic E-state index is 11.5. The van der Waals surface area contributed by atoms with Crippen LogP contribution in [-0.2, 0) is 23.1 Å². The molecule has 0 aliphatic carbocycles. The molecule has 9 heteroatoms. The van der Waals surface area contributed by atoms with Crippen LogP contribution in [0, 0.1) is 0 Å². The summed E-state index contributed by atoms with van der Waals surface area (Å²) in [5, 5.41) is 0. The van der Waals surface area contributed by atoms with E-state index >= 15 is 0 Å². The number of unbranched alkanes of at least 4 members (excludes halogenated alkanes) is 2. The van der Waals surface area contributed by atoms with E-state index in [9.17, 15) is 4.21 Å². The predicted octanol–water partition coefficient (Wildman–Crippen LogP) is 2.86. The summed E-state index contributed by atoms with van der Waals surface area (Å²) in [6.45, 7) is 15.2. The molecule has 0 aliphatic heterocycles. The fourth-order valence-corrected chi connectivity index (χ4v) is 16.0. The number of hydrogen-bond donors (Lipinski definition) is 0. The van der Waals surface area contributed by atoms with E-state index in [4.69, 9.17) is 12.3 Å². The molecular weight excluding hydrogens is 365 g/mol. The van der Waals surface area contributed by atoms with Crippen LogP contribution in [0.2, 0.25) is 45.3 Å². The molecule has 0 aromatic rings. The Morgan fingerprint density at radius 3 is 1.64 bits per heavy atom. The molecule has 4 nitrogen and oxygen atoms in total. The van der Waals surface area contributed by atoms with Gasteiger partial charge in [-0.1, -0.05) is 13.3 Å². The molecule has 0 aromatic heterocycles. The van der Waals surface area contributed by atoms with E-state index in [1.54, 1.807) is 0 Å². The van der Waals surface area contributed by atoms with Crippen LogP contribution >= 0.6 is 0 Å². The summed E-state index contributed by atoms with van der Waals surface area (Å²) in [6, 6.07) is 0.938. The standard InChI is InChI=1S/C13H36O4SSi4/c1-8-18(14)12-10-9-11-13-22(15-19(2)3,16-20(4)5)17-21(6)7/h19-21H,8-13H2,1-7H3. The lowest BCUT2D eigenvalue weighted by Crippen LogP contribution is -2.53. The zero-order valence-electron chi connectivity index (χ0n) is 15.5. The second kappa shape index (κ2) is 12.3. The van der Waals surface area contributed by atoms with E-state index in [1.807, 2.05) is 6.92 Å². The number of rotatable bonds is 13. The Morgan fingerprint density at radius 1 is 0.818 bits per heavy atom. The smallest absolute Gasteiger partial charge is 0.420 e. The Balaban J connectivity index is 4.57. The highest BCUT2D eigenvalue weighted by atomic mass is 32.2. The largest absolute Gasteiger partial charge is 0.468 e. The molecule has 0 radical (unpaired) electrons. The van der Waals surface area contributed by atoms with Gasteiger partial charge in [-0.25, -0.2) is 0 Å². The molecule has 134 valence electrons. The van der Waals surface area contributed by atoms with Gasteiger partial charge in [-0.3, -0.25) is 4.21 Å². The lowest BCUT2D eigenvalue weighted by atomic mass is 10.3. The Kier molecular flexibility index (Phi) is 12.8. The number of hydrogen-bond acceptors (Lipinski definition) is 4. The zero-order chi connectivity index (χ0) is 17.2. The van der Waals surface area contributed by atoms with Gasteiger partial charge in [0.2, 0.25) is 0 Å². The monoisotopic (exact) mass is 400 g/mol. The fourth-order valence-electron chi connectivity index (χ4n) is 2.26. The summed E-state index contributed by atoms with van der Waals surface area (Å²) in [6.07, 6.45) is 3.19. The SMILES string of the molecule is CCS(=O)CCCCC[Si](O[SiH](C)C)(O[SiH](C)C)O[SiH](C)C. The average Bonchev–Trinajstić information content (AvgIpc) is 2.35. The van der Waals surface area contributed by atoms with E-state index in [-0.39, 0.29) is 0 Å². The summed E-state index contributed by atoms with van der Waals surface area (Å²) in [7, 11) is -6.66. The van der Waals surface area contributed by atoms with Crippen LogP contribution in [0.5, 0.6) is 0 Å². The van der Waals surface area contributed by atoms with Gasteiger partial charge in [0.15, 0.2) is 27.1 Å². The topological polar surface area (TPSA) is 44.8 Å². The molecular formula is C13H36O4SSi4. The van der Waals surface area contributed by atoms with Gasteiger partial charge in [-0.05, 0) is 52.1 Å². The minimum absolute atomic E-state index is 0.641. The molecule has 0 bridgehead atoms. The average molecular weight is 401 g/mol. The maximum Gasteiger partial charge on any atom is 0.468 e. The molecule has 0 saturated carbocycles. The van der Waals surface area contributed by atoms with Crippen LogP contribution in [0.15, 0.2) is 0 Å². The minimum Gasteiger partial charge on any atom is -0.420 e. The molecule has 0 amide bonds. The molecule has 0 heterocycles. The Hall–Kier alpha value is 0.898. The van der Waals surface area contributed by atoms with E-state index < -0.39 is 46.7 Å².